The molecule has 17 heavy (non-hydrogen) atoms. The predicted octanol–water partition coefficient (Wildman–Crippen LogP) is 2.23. The number of benzene rings is 1. The van der Waals surface area contributed by atoms with E-state index in [1.807, 2.05) is 7.05 Å². The van der Waals surface area contributed by atoms with E-state index >= 15 is 0 Å². The van der Waals surface area contributed by atoms with Crippen LogP contribution in [0, 0.1) is 20.8 Å². The summed E-state index contributed by atoms with van der Waals surface area (Å²) in [6.07, 6.45) is 0. The number of aryl methyl sites for hydroxylation is 1. The Kier molecular flexibility index (Phi) is 4.97. The summed E-state index contributed by atoms with van der Waals surface area (Å²) >= 11 is 0. The van der Waals surface area contributed by atoms with Crippen LogP contribution in [0.1, 0.15) is 22.3 Å². The van der Waals surface area contributed by atoms with E-state index in [2.05, 4.69) is 44.1 Å². The molecule has 0 radical (unpaired) electrons. The molecule has 1 aromatic rings. The molecule has 0 saturated carbocycles. The molecule has 0 aliphatic rings. The summed E-state index contributed by atoms with van der Waals surface area (Å²) in [5.41, 5.74) is 5.28. The number of nitrogens with zero attached hydrogens (tertiary/aromatic N) is 1. The highest BCUT2D eigenvalue weighted by Gasteiger charge is 2.11. The van der Waals surface area contributed by atoms with Gasteiger partial charge in [0.1, 0.15) is 5.75 Å². The van der Waals surface area contributed by atoms with Gasteiger partial charge in [-0.15, -0.1) is 0 Å². The van der Waals surface area contributed by atoms with Crippen molar-refractivity contribution in [3.05, 3.63) is 28.3 Å². The topological polar surface area (TPSA) is 24.5 Å². The van der Waals surface area contributed by atoms with Crippen LogP contribution < -0.4 is 10.1 Å². The van der Waals surface area contributed by atoms with Gasteiger partial charge in [-0.3, -0.25) is 4.90 Å². The molecule has 0 amide bonds. The van der Waals surface area contributed by atoms with E-state index in [1.165, 1.54) is 22.3 Å². The lowest BCUT2D eigenvalue weighted by molar-refractivity contribution is 0.308. The van der Waals surface area contributed by atoms with Crippen molar-refractivity contribution in [2.75, 3.05) is 27.9 Å². The summed E-state index contributed by atoms with van der Waals surface area (Å²) < 4.78 is 5.39. The van der Waals surface area contributed by atoms with Crippen molar-refractivity contribution in [1.82, 2.24) is 10.2 Å². The maximum atomic E-state index is 5.39. The molecule has 0 fully saturated rings. The first-order valence-corrected chi connectivity index (χ1v) is 5.98. The van der Waals surface area contributed by atoms with Crippen molar-refractivity contribution >= 4 is 0 Å². The van der Waals surface area contributed by atoms with Gasteiger partial charge in [-0.1, -0.05) is 0 Å². The molecule has 0 aliphatic heterocycles. The SMILES string of the molecule is CNCN(C)Cc1c(C)cc(OC)c(C)c1C. The Hall–Kier alpha value is -1.06. The first-order chi connectivity index (χ1) is 8.01. The Morgan fingerprint density at radius 2 is 1.88 bits per heavy atom. The van der Waals surface area contributed by atoms with Crippen molar-refractivity contribution in [3.8, 4) is 5.75 Å². The van der Waals surface area contributed by atoms with Crippen molar-refractivity contribution in [2.24, 2.45) is 0 Å². The Labute approximate surface area is 105 Å². The first kappa shape index (κ1) is 14.0. The fourth-order valence-corrected chi connectivity index (χ4v) is 2.15. The number of hydrogen-bond donors (Lipinski definition) is 1. The van der Waals surface area contributed by atoms with Gasteiger partial charge in [0.2, 0.25) is 0 Å². The van der Waals surface area contributed by atoms with Crippen molar-refractivity contribution in [1.29, 1.82) is 0 Å². The van der Waals surface area contributed by atoms with Crippen LogP contribution in [0.15, 0.2) is 6.07 Å². The van der Waals surface area contributed by atoms with Gasteiger partial charge in [-0.05, 0) is 63.2 Å². The van der Waals surface area contributed by atoms with Crippen LogP contribution in [0.5, 0.6) is 5.75 Å². The van der Waals surface area contributed by atoms with E-state index in [0.717, 1.165) is 19.0 Å². The van der Waals surface area contributed by atoms with Crippen LogP contribution in [0.25, 0.3) is 0 Å². The van der Waals surface area contributed by atoms with Gasteiger partial charge in [0.05, 0.1) is 7.11 Å². The zero-order chi connectivity index (χ0) is 13.0. The standard InChI is InChI=1S/C14H24N2O/c1-10-7-14(17-6)12(3)11(2)13(10)8-16(5)9-15-4/h7,15H,8-9H2,1-6H3. The lowest BCUT2D eigenvalue weighted by Gasteiger charge is -2.21. The first-order valence-electron chi connectivity index (χ1n) is 5.98. The van der Waals surface area contributed by atoms with Crippen LogP contribution in [-0.4, -0.2) is 32.8 Å². The van der Waals surface area contributed by atoms with E-state index in [9.17, 15) is 0 Å². The fourth-order valence-electron chi connectivity index (χ4n) is 2.15. The highest BCUT2D eigenvalue weighted by molar-refractivity contribution is 5.48. The molecule has 1 rings (SSSR count). The highest BCUT2D eigenvalue weighted by Crippen LogP contribution is 2.27. The van der Waals surface area contributed by atoms with Gasteiger partial charge < -0.3 is 10.1 Å². The molecular weight excluding hydrogens is 212 g/mol. The normalized spacial score (nSPS) is 11.0. The third kappa shape index (κ3) is 3.20. The molecule has 3 nitrogen and oxygen atoms in total. The maximum Gasteiger partial charge on any atom is 0.122 e. The number of methoxy groups -OCH3 is 1. The average molecular weight is 236 g/mol. The van der Waals surface area contributed by atoms with E-state index < -0.39 is 0 Å². The summed E-state index contributed by atoms with van der Waals surface area (Å²) in [5.74, 6) is 0.986. The molecule has 96 valence electrons. The third-order valence-corrected chi connectivity index (χ3v) is 3.28. The molecule has 1 N–H and O–H groups in total. The molecule has 0 saturated heterocycles. The summed E-state index contributed by atoms with van der Waals surface area (Å²) in [5, 5.41) is 3.17. The second-order valence-electron chi connectivity index (χ2n) is 4.65. The molecule has 0 bridgehead atoms. The minimum absolute atomic E-state index is 0.893. The minimum atomic E-state index is 0.893. The molecule has 3 heteroatoms. The molecule has 0 heterocycles. The summed E-state index contributed by atoms with van der Waals surface area (Å²) in [7, 11) is 5.82. The zero-order valence-corrected chi connectivity index (χ0v) is 11.8. The van der Waals surface area contributed by atoms with Crippen LogP contribution >= 0.6 is 0 Å². The Morgan fingerprint density at radius 1 is 1.24 bits per heavy atom. The van der Waals surface area contributed by atoms with Gasteiger partial charge in [0, 0.05) is 13.2 Å². The second-order valence-corrected chi connectivity index (χ2v) is 4.65. The maximum absolute atomic E-state index is 5.39. The van der Waals surface area contributed by atoms with Crippen LogP contribution in [0.4, 0.5) is 0 Å². The van der Waals surface area contributed by atoms with Crippen molar-refractivity contribution < 1.29 is 4.74 Å². The molecule has 0 aliphatic carbocycles. The fraction of sp³-hybridized carbons (Fsp3) is 0.571. The monoisotopic (exact) mass is 236 g/mol. The van der Waals surface area contributed by atoms with Crippen molar-refractivity contribution in [2.45, 2.75) is 27.3 Å². The van der Waals surface area contributed by atoms with Crippen LogP contribution in [0.3, 0.4) is 0 Å². The molecule has 1 aromatic carbocycles. The number of rotatable bonds is 5. The van der Waals surface area contributed by atoms with Gasteiger partial charge in [-0.2, -0.15) is 0 Å². The van der Waals surface area contributed by atoms with E-state index in [1.54, 1.807) is 7.11 Å². The molecule has 0 spiro atoms. The zero-order valence-electron chi connectivity index (χ0n) is 11.8. The number of nitrogens with one attached hydrogen (secondary N) is 1. The van der Waals surface area contributed by atoms with Gasteiger partial charge in [0.25, 0.3) is 0 Å². The minimum Gasteiger partial charge on any atom is -0.496 e. The third-order valence-electron chi connectivity index (χ3n) is 3.28. The van der Waals surface area contributed by atoms with E-state index in [-0.39, 0.29) is 0 Å². The lowest BCUT2D eigenvalue weighted by atomic mass is 9.97. The van der Waals surface area contributed by atoms with E-state index in [0.29, 0.717) is 0 Å². The largest absolute Gasteiger partial charge is 0.496 e. The second kappa shape index (κ2) is 6.03. The van der Waals surface area contributed by atoms with Gasteiger partial charge in [-0.25, -0.2) is 0 Å². The Balaban J connectivity index is 3.04. The molecule has 0 atom stereocenters. The van der Waals surface area contributed by atoms with Crippen LogP contribution in [-0.2, 0) is 6.54 Å². The lowest BCUT2D eigenvalue weighted by Crippen LogP contribution is -2.28. The summed E-state index contributed by atoms with van der Waals surface area (Å²) in [6.45, 7) is 8.30. The molecule has 0 aromatic heterocycles. The highest BCUT2D eigenvalue weighted by atomic mass is 16.5. The average Bonchev–Trinajstić information content (AvgIpc) is 2.29. The Morgan fingerprint density at radius 3 is 2.41 bits per heavy atom. The number of hydrogen-bond acceptors (Lipinski definition) is 3. The van der Waals surface area contributed by atoms with Crippen LogP contribution in [0.2, 0.25) is 0 Å². The quantitative estimate of drug-likeness (QED) is 0.793. The Bertz CT molecular complexity index is 388. The van der Waals surface area contributed by atoms with E-state index in [4.69, 9.17) is 4.74 Å². The molecule has 0 unspecified atom stereocenters. The van der Waals surface area contributed by atoms with Gasteiger partial charge >= 0.3 is 0 Å². The molecular formula is C14H24N2O. The van der Waals surface area contributed by atoms with Gasteiger partial charge in [0.15, 0.2) is 0 Å². The summed E-state index contributed by atoms with van der Waals surface area (Å²) in [4.78, 5) is 2.27. The number of ether oxygens (including phenoxy) is 1. The smallest absolute Gasteiger partial charge is 0.122 e. The predicted molar refractivity (Wildman–Crippen MR) is 72.6 cm³/mol. The summed E-state index contributed by atoms with van der Waals surface area (Å²) in [6, 6.07) is 2.13. The van der Waals surface area contributed by atoms with Crippen molar-refractivity contribution in [3.63, 3.8) is 0 Å².